The fourth-order valence-corrected chi connectivity index (χ4v) is 3.92. The number of para-hydroxylation sites is 1. The SMILES string of the molecule is CC1(C)COCCN1S(=O)(=O)c1ccccc1O. The third kappa shape index (κ3) is 2.23. The molecule has 0 radical (unpaired) electrons. The van der Waals surface area contributed by atoms with E-state index >= 15 is 0 Å². The van der Waals surface area contributed by atoms with Gasteiger partial charge in [0.2, 0.25) is 10.0 Å². The van der Waals surface area contributed by atoms with Crippen LogP contribution in [0.1, 0.15) is 13.8 Å². The Morgan fingerprint density at radius 3 is 2.61 bits per heavy atom. The fourth-order valence-electron chi connectivity index (χ4n) is 2.08. The first-order valence-electron chi connectivity index (χ1n) is 5.74. The largest absolute Gasteiger partial charge is 0.507 e. The Hall–Kier alpha value is -1.11. The maximum atomic E-state index is 12.5. The number of phenolic OH excluding ortho intramolecular Hbond substituents is 1. The Balaban J connectivity index is 2.46. The number of rotatable bonds is 2. The van der Waals surface area contributed by atoms with Gasteiger partial charge in [-0.05, 0) is 26.0 Å². The molecule has 18 heavy (non-hydrogen) atoms. The number of sulfonamides is 1. The van der Waals surface area contributed by atoms with Crippen LogP contribution < -0.4 is 0 Å². The van der Waals surface area contributed by atoms with Gasteiger partial charge in [-0.25, -0.2) is 8.42 Å². The lowest BCUT2D eigenvalue weighted by Gasteiger charge is -2.40. The van der Waals surface area contributed by atoms with Gasteiger partial charge in [-0.1, -0.05) is 12.1 Å². The van der Waals surface area contributed by atoms with Gasteiger partial charge in [0, 0.05) is 6.54 Å². The normalized spacial score (nSPS) is 20.8. The summed E-state index contributed by atoms with van der Waals surface area (Å²) >= 11 is 0. The lowest BCUT2D eigenvalue weighted by atomic mass is 10.1. The van der Waals surface area contributed by atoms with Crippen LogP contribution in [0, 0.1) is 0 Å². The predicted molar refractivity (Wildman–Crippen MR) is 66.9 cm³/mol. The molecular formula is C12H17NO4S. The monoisotopic (exact) mass is 271 g/mol. The van der Waals surface area contributed by atoms with E-state index < -0.39 is 15.6 Å². The molecule has 0 aromatic heterocycles. The number of hydrogen-bond acceptors (Lipinski definition) is 4. The maximum Gasteiger partial charge on any atom is 0.247 e. The summed E-state index contributed by atoms with van der Waals surface area (Å²) in [7, 11) is -3.70. The predicted octanol–water partition coefficient (Wildman–Crippen LogP) is 1.19. The van der Waals surface area contributed by atoms with Crippen molar-refractivity contribution in [3.05, 3.63) is 24.3 Å². The number of phenols is 1. The zero-order chi connectivity index (χ0) is 13.4. The Labute approximate surface area is 107 Å². The molecule has 0 aliphatic carbocycles. The summed E-state index contributed by atoms with van der Waals surface area (Å²) < 4.78 is 31.8. The van der Waals surface area contributed by atoms with E-state index in [0.717, 1.165) is 0 Å². The molecule has 1 aliphatic heterocycles. The summed E-state index contributed by atoms with van der Waals surface area (Å²) in [6, 6.07) is 5.98. The average Bonchev–Trinajstić information content (AvgIpc) is 2.28. The van der Waals surface area contributed by atoms with Crippen LogP contribution in [-0.2, 0) is 14.8 Å². The van der Waals surface area contributed by atoms with E-state index in [4.69, 9.17) is 4.74 Å². The van der Waals surface area contributed by atoms with E-state index in [1.54, 1.807) is 12.1 Å². The highest BCUT2D eigenvalue weighted by atomic mass is 32.2. The Morgan fingerprint density at radius 2 is 2.00 bits per heavy atom. The van der Waals surface area contributed by atoms with E-state index in [9.17, 15) is 13.5 Å². The van der Waals surface area contributed by atoms with Crippen molar-refractivity contribution < 1.29 is 18.3 Å². The second-order valence-electron chi connectivity index (χ2n) is 4.91. The van der Waals surface area contributed by atoms with Crippen molar-refractivity contribution in [3.63, 3.8) is 0 Å². The van der Waals surface area contributed by atoms with Crippen molar-refractivity contribution in [2.75, 3.05) is 19.8 Å². The molecule has 1 aromatic rings. The quantitative estimate of drug-likeness (QED) is 0.877. The molecule has 1 aromatic carbocycles. The van der Waals surface area contributed by atoms with E-state index in [-0.39, 0.29) is 10.6 Å². The van der Waals surface area contributed by atoms with Crippen LogP contribution in [0.15, 0.2) is 29.2 Å². The zero-order valence-electron chi connectivity index (χ0n) is 10.5. The highest BCUT2D eigenvalue weighted by Crippen LogP contribution is 2.31. The molecule has 0 unspecified atom stereocenters. The van der Waals surface area contributed by atoms with Crippen molar-refractivity contribution in [3.8, 4) is 5.75 Å². The first-order chi connectivity index (χ1) is 8.36. The maximum absolute atomic E-state index is 12.5. The molecule has 1 aliphatic rings. The molecule has 2 rings (SSSR count). The van der Waals surface area contributed by atoms with Gasteiger partial charge in [-0.15, -0.1) is 0 Å². The second kappa shape index (κ2) is 4.53. The van der Waals surface area contributed by atoms with Crippen LogP contribution in [0.4, 0.5) is 0 Å². The molecule has 1 heterocycles. The molecule has 1 N–H and O–H groups in total. The summed E-state index contributed by atoms with van der Waals surface area (Å²) in [4.78, 5) is -0.0556. The molecule has 1 fully saturated rings. The minimum atomic E-state index is -3.70. The number of aromatic hydroxyl groups is 1. The molecular weight excluding hydrogens is 254 g/mol. The van der Waals surface area contributed by atoms with Gasteiger partial charge < -0.3 is 9.84 Å². The highest BCUT2D eigenvalue weighted by Gasteiger charge is 2.40. The van der Waals surface area contributed by atoms with E-state index in [1.165, 1.54) is 16.4 Å². The Morgan fingerprint density at radius 1 is 1.33 bits per heavy atom. The van der Waals surface area contributed by atoms with E-state index in [0.29, 0.717) is 19.8 Å². The fraction of sp³-hybridized carbons (Fsp3) is 0.500. The molecule has 0 spiro atoms. The van der Waals surface area contributed by atoms with Crippen LogP contribution in [0.3, 0.4) is 0 Å². The van der Waals surface area contributed by atoms with Crippen molar-refractivity contribution in [2.45, 2.75) is 24.3 Å². The zero-order valence-corrected chi connectivity index (χ0v) is 11.3. The summed E-state index contributed by atoms with van der Waals surface area (Å²) in [5.41, 5.74) is -0.612. The van der Waals surface area contributed by atoms with Gasteiger partial charge in [0.15, 0.2) is 0 Å². The molecule has 0 atom stereocenters. The van der Waals surface area contributed by atoms with Gasteiger partial charge in [-0.3, -0.25) is 0 Å². The van der Waals surface area contributed by atoms with E-state index in [2.05, 4.69) is 0 Å². The summed E-state index contributed by atoms with van der Waals surface area (Å²) in [5.74, 6) is -0.222. The molecule has 0 bridgehead atoms. The number of hydrogen-bond donors (Lipinski definition) is 1. The van der Waals surface area contributed by atoms with Gasteiger partial charge in [0.1, 0.15) is 10.6 Å². The van der Waals surface area contributed by atoms with Gasteiger partial charge in [0.25, 0.3) is 0 Å². The van der Waals surface area contributed by atoms with Crippen LogP contribution in [0.2, 0.25) is 0 Å². The molecule has 1 saturated heterocycles. The number of ether oxygens (including phenoxy) is 1. The van der Waals surface area contributed by atoms with E-state index in [1.807, 2.05) is 13.8 Å². The molecule has 6 heteroatoms. The second-order valence-corrected chi connectivity index (χ2v) is 6.74. The third-order valence-corrected chi connectivity index (χ3v) is 5.16. The van der Waals surface area contributed by atoms with Crippen molar-refractivity contribution in [1.82, 2.24) is 4.31 Å². The van der Waals surface area contributed by atoms with Crippen LogP contribution in [0.25, 0.3) is 0 Å². The number of benzene rings is 1. The van der Waals surface area contributed by atoms with Crippen molar-refractivity contribution in [2.24, 2.45) is 0 Å². The lowest BCUT2D eigenvalue weighted by Crippen LogP contribution is -2.55. The van der Waals surface area contributed by atoms with Crippen molar-refractivity contribution in [1.29, 1.82) is 0 Å². The smallest absolute Gasteiger partial charge is 0.247 e. The van der Waals surface area contributed by atoms with Crippen LogP contribution in [0.5, 0.6) is 5.75 Å². The minimum absolute atomic E-state index is 0.0556. The Kier molecular flexibility index (Phi) is 3.35. The molecule has 0 saturated carbocycles. The van der Waals surface area contributed by atoms with Gasteiger partial charge >= 0.3 is 0 Å². The topological polar surface area (TPSA) is 66.8 Å². The Bertz CT molecular complexity index is 539. The van der Waals surface area contributed by atoms with Crippen LogP contribution >= 0.6 is 0 Å². The minimum Gasteiger partial charge on any atom is -0.507 e. The first-order valence-corrected chi connectivity index (χ1v) is 7.18. The highest BCUT2D eigenvalue weighted by molar-refractivity contribution is 7.89. The van der Waals surface area contributed by atoms with Crippen molar-refractivity contribution >= 4 is 10.0 Å². The number of morpholine rings is 1. The van der Waals surface area contributed by atoms with Gasteiger partial charge in [0.05, 0.1) is 18.8 Å². The summed E-state index contributed by atoms with van der Waals surface area (Å²) in [6.07, 6.45) is 0. The lowest BCUT2D eigenvalue weighted by molar-refractivity contribution is -0.00775. The summed E-state index contributed by atoms with van der Waals surface area (Å²) in [6.45, 7) is 4.63. The molecule has 100 valence electrons. The third-order valence-electron chi connectivity index (χ3n) is 3.00. The average molecular weight is 271 g/mol. The first kappa shape index (κ1) is 13.3. The molecule has 0 amide bonds. The number of nitrogens with zero attached hydrogens (tertiary/aromatic N) is 1. The summed E-state index contributed by atoms with van der Waals surface area (Å²) in [5, 5.41) is 9.71. The van der Waals surface area contributed by atoms with Gasteiger partial charge in [-0.2, -0.15) is 4.31 Å². The van der Waals surface area contributed by atoms with Crippen LogP contribution in [-0.4, -0.2) is 43.1 Å². The standard InChI is InChI=1S/C12H17NO4S/c1-12(2)9-17-8-7-13(12)18(15,16)11-6-4-3-5-10(11)14/h3-6,14H,7-9H2,1-2H3. The molecule has 5 nitrogen and oxygen atoms in total.